The fourth-order valence-corrected chi connectivity index (χ4v) is 3.92. The van der Waals surface area contributed by atoms with Crippen LogP contribution in [-0.4, -0.2) is 29.8 Å². The first-order valence-corrected chi connectivity index (χ1v) is 15.3. The van der Waals surface area contributed by atoms with Crippen LogP contribution < -0.4 is 23.7 Å². The minimum Gasteiger partial charge on any atom is -0.423 e. The lowest BCUT2D eigenvalue weighted by molar-refractivity contribution is -0.132. The Bertz CT molecular complexity index is 2330. The number of benzene rings is 4. The van der Waals surface area contributed by atoms with Crippen LogP contribution >= 0.6 is 0 Å². The molecule has 268 valence electrons. The zero-order valence-electron chi connectivity index (χ0n) is 28.3. The molecule has 0 aliphatic carbocycles. The van der Waals surface area contributed by atoms with Gasteiger partial charge >= 0.3 is 29.8 Å². The largest absolute Gasteiger partial charge is 0.423 e. The number of hydrogen-bond donors (Lipinski definition) is 0. The Morgan fingerprint density at radius 1 is 0.556 bits per heavy atom. The van der Waals surface area contributed by atoms with Crippen molar-refractivity contribution in [1.82, 2.24) is 0 Å². The summed E-state index contributed by atoms with van der Waals surface area (Å²) in [5.74, 6) is 3.47. The quantitative estimate of drug-likeness (QED) is 0.0724. The second-order valence-corrected chi connectivity index (χ2v) is 10.7. The van der Waals surface area contributed by atoms with Crippen LogP contribution in [0.4, 0.5) is 8.78 Å². The van der Waals surface area contributed by atoms with Crippen molar-refractivity contribution in [3.63, 3.8) is 0 Å². The third kappa shape index (κ3) is 11.1. The molecule has 0 saturated carbocycles. The minimum absolute atomic E-state index is 0.00540. The van der Waals surface area contributed by atoms with E-state index in [9.17, 15) is 32.8 Å². The Morgan fingerprint density at radius 2 is 0.981 bits per heavy atom. The number of ether oxygens (including phenoxy) is 5. The summed E-state index contributed by atoms with van der Waals surface area (Å²) in [4.78, 5) is 60.3. The molecule has 0 aliphatic rings. The van der Waals surface area contributed by atoms with Crippen molar-refractivity contribution < 1.29 is 56.4 Å². The zero-order valence-corrected chi connectivity index (χ0v) is 28.3. The predicted octanol–water partition coefficient (Wildman–Crippen LogP) is 7.06. The molecule has 4 aromatic rings. The van der Waals surface area contributed by atoms with Crippen LogP contribution in [0.5, 0.6) is 28.7 Å². The fraction of sp³-hybridized carbons (Fsp3) is 0.0238. The summed E-state index contributed by atoms with van der Waals surface area (Å²) < 4.78 is 52.5. The maximum absolute atomic E-state index is 13.7. The number of rotatable bonds is 10. The highest BCUT2D eigenvalue weighted by atomic mass is 19.1. The number of carbonyl (C=O) groups is 5. The highest BCUT2D eigenvalue weighted by molar-refractivity contribution is 5.92. The number of hydrogen-bond acceptors (Lipinski definition) is 10. The molecule has 0 spiro atoms. The molecule has 0 atom stereocenters. The fourth-order valence-electron chi connectivity index (χ4n) is 3.92. The molecule has 0 bridgehead atoms. The van der Waals surface area contributed by atoms with Crippen LogP contribution in [0.2, 0.25) is 0 Å². The van der Waals surface area contributed by atoms with Crippen molar-refractivity contribution in [2.24, 2.45) is 0 Å². The molecule has 54 heavy (non-hydrogen) atoms. The number of carbonyl (C=O) groups excluding carboxylic acids is 5. The lowest BCUT2D eigenvalue weighted by Crippen LogP contribution is -2.11. The van der Waals surface area contributed by atoms with Crippen LogP contribution in [0.25, 0.3) is 0 Å². The van der Waals surface area contributed by atoms with E-state index in [0.29, 0.717) is 11.1 Å². The SMILES string of the molecule is C=CC(=O)Oc1cc(C#Cc2ccc(C(=O)Oc3ccc(OC(=O)C(=C)C)cc3)cc2)cc(OC(=O)C(=C)F)c1C#Cc1ccc(OC(=O)C(=C)F)cc1. The Morgan fingerprint density at radius 3 is 1.50 bits per heavy atom. The van der Waals surface area contributed by atoms with Crippen LogP contribution in [0.15, 0.2) is 135 Å². The van der Waals surface area contributed by atoms with E-state index >= 15 is 0 Å². The summed E-state index contributed by atoms with van der Waals surface area (Å²) in [7, 11) is 0. The van der Waals surface area contributed by atoms with Gasteiger partial charge in [0, 0.05) is 28.3 Å². The van der Waals surface area contributed by atoms with Crippen molar-refractivity contribution >= 4 is 29.8 Å². The van der Waals surface area contributed by atoms with Gasteiger partial charge in [-0.3, -0.25) is 0 Å². The number of halogens is 2. The smallest absolute Gasteiger partial charge is 0.371 e. The topological polar surface area (TPSA) is 132 Å². The summed E-state index contributed by atoms with van der Waals surface area (Å²) in [6, 6.07) is 19.9. The van der Waals surface area contributed by atoms with E-state index in [2.05, 4.69) is 50.0 Å². The molecular formula is C42H26F2O10. The van der Waals surface area contributed by atoms with Gasteiger partial charge in [-0.25, -0.2) is 24.0 Å². The molecule has 4 rings (SSSR count). The lowest BCUT2D eigenvalue weighted by Gasteiger charge is -2.11. The molecule has 0 N–H and O–H groups in total. The van der Waals surface area contributed by atoms with E-state index in [1.165, 1.54) is 91.9 Å². The molecule has 0 radical (unpaired) electrons. The first kappa shape index (κ1) is 39.0. The van der Waals surface area contributed by atoms with Crippen LogP contribution in [0, 0.1) is 23.7 Å². The van der Waals surface area contributed by atoms with Gasteiger partial charge in [0.05, 0.1) is 5.56 Å². The molecule has 4 aromatic carbocycles. The van der Waals surface area contributed by atoms with Crippen molar-refractivity contribution in [3.8, 4) is 52.4 Å². The average Bonchev–Trinajstić information content (AvgIpc) is 3.14. The second kappa shape index (κ2) is 17.9. The maximum Gasteiger partial charge on any atom is 0.371 e. The summed E-state index contributed by atoms with van der Waals surface area (Å²) in [5, 5.41) is 0. The molecule has 10 nitrogen and oxygen atoms in total. The van der Waals surface area contributed by atoms with E-state index in [-0.39, 0.29) is 51.0 Å². The van der Waals surface area contributed by atoms with Gasteiger partial charge < -0.3 is 23.7 Å². The first-order chi connectivity index (χ1) is 25.7. The van der Waals surface area contributed by atoms with E-state index < -0.39 is 41.5 Å². The molecule has 12 heteroatoms. The van der Waals surface area contributed by atoms with E-state index in [1.807, 2.05) is 0 Å². The first-order valence-electron chi connectivity index (χ1n) is 15.3. The monoisotopic (exact) mass is 728 g/mol. The lowest BCUT2D eigenvalue weighted by atomic mass is 10.1. The van der Waals surface area contributed by atoms with Gasteiger partial charge in [0.1, 0.15) is 22.8 Å². The zero-order chi connectivity index (χ0) is 39.4. The van der Waals surface area contributed by atoms with Gasteiger partial charge in [0.15, 0.2) is 11.5 Å². The van der Waals surface area contributed by atoms with Gasteiger partial charge in [-0.1, -0.05) is 50.0 Å². The Hall–Kier alpha value is -7.83. The van der Waals surface area contributed by atoms with Crippen LogP contribution in [0.1, 0.15) is 39.5 Å². The van der Waals surface area contributed by atoms with Gasteiger partial charge in [0.2, 0.25) is 11.7 Å². The summed E-state index contributed by atoms with van der Waals surface area (Å²) in [6.45, 7) is 14.2. The minimum atomic E-state index is -1.45. The highest BCUT2D eigenvalue weighted by Gasteiger charge is 2.19. The predicted molar refractivity (Wildman–Crippen MR) is 191 cm³/mol. The third-order valence-corrected chi connectivity index (χ3v) is 6.55. The molecule has 0 heterocycles. The van der Waals surface area contributed by atoms with E-state index in [4.69, 9.17) is 23.7 Å². The highest BCUT2D eigenvalue weighted by Crippen LogP contribution is 2.31. The summed E-state index contributed by atoms with van der Waals surface area (Å²) >= 11 is 0. The maximum atomic E-state index is 13.7. The summed E-state index contributed by atoms with van der Waals surface area (Å²) in [6.07, 6.45) is 0.875. The van der Waals surface area contributed by atoms with Gasteiger partial charge in [0.25, 0.3) is 0 Å². The molecule has 0 unspecified atom stereocenters. The van der Waals surface area contributed by atoms with Gasteiger partial charge in [-0.15, -0.1) is 0 Å². The molecule has 0 amide bonds. The molecule has 0 aliphatic heterocycles. The standard InChI is InChI=1S/C42H26F2O10/c1-6-38(45)53-36-23-30(8-7-28-9-14-31(15-10-28)42(49)52-34-20-18-33(19-21-34)50-39(46)25(2)3)24-37(54-41(48)27(5)44)35(36)22-13-29-11-16-32(17-12-29)51-40(47)26(4)43/h6,9-12,14-21,23-24H,1-2,4-5H2,3H3. The summed E-state index contributed by atoms with van der Waals surface area (Å²) in [5.41, 5.74) is 1.18. The average molecular weight is 729 g/mol. The third-order valence-electron chi connectivity index (χ3n) is 6.55. The van der Waals surface area contributed by atoms with E-state index in [1.54, 1.807) is 0 Å². The second-order valence-electron chi connectivity index (χ2n) is 10.7. The van der Waals surface area contributed by atoms with Crippen molar-refractivity contribution in [1.29, 1.82) is 0 Å². The molecule has 0 aromatic heterocycles. The van der Waals surface area contributed by atoms with Gasteiger partial charge in [-0.05, 0) is 91.9 Å². The normalized spacial score (nSPS) is 9.76. The van der Waals surface area contributed by atoms with Crippen LogP contribution in [0.3, 0.4) is 0 Å². The molecule has 0 fully saturated rings. The Kier molecular flexibility index (Phi) is 12.9. The van der Waals surface area contributed by atoms with Crippen LogP contribution in [-0.2, 0) is 19.2 Å². The Labute approximate surface area is 307 Å². The van der Waals surface area contributed by atoms with Crippen molar-refractivity contribution in [3.05, 3.63) is 162 Å². The van der Waals surface area contributed by atoms with Crippen molar-refractivity contribution in [2.75, 3.05) is 0 Å². The molecule has 0 saturated heterocycles. The van der Waals surface area contributed by atoms with E-state index in [0.717, 1.165) is 6.08 Å². The Balaban J connectivity index is 1.60. The number of esters is 5. The molecular weight excluding hydrogens is 702 g/mol. The van der Waals surface area contributed by atoms with Gasteiger partial charge in [-0.2, -0.15) is 8.78 Å². The van der Waals surface area contributed by atoms with Crippen molar-refractivity contribution in [2.45, 2.75) is 6.92 Å².